The number of aromatic hydroxyl groups is 1. The highest BCUT2D eigenvalue weighted by atomic mass is 16.5. The Morgan fingerprint density at radius 3 is 2.81 bits per heavy atom. The van der Waals surface area contributed by atoms with E-state index in [1.807, 2.05) is 0 Å². The zero-order chi connectivity index (χ0) is 12.1. The molecule has 0 aliphatic carbocycles. The van der Waals surface area contributed by atoms with E-state index in [1.54, 1.807) is 12.1 Å². The van der Waals surface area contributed by atoms with Gasteiger partial charge in [0.05, 0.1) is 7.11 Å². The lowest BCUT2D eigenvalue weighted by molar-refractivity contribution is 0.0597. The average Bonchev–Trinajstić information content (AvgIpc) is 2.29. The molecule has 0 saturated carbocycles. The number of hydrogen-bond donors (Lipinski definition) is 2. The van der Waals surface area contributed by atoms with Crippen molar-refractivity contribution in [2.75, 3.05) is 13.7 Å². The van der Waals surface area contributed by atoms with E-state index in [9.17, 15) is 9.90 Å². The summed E-state index contributed by atoms with van der Waals surface area (Å²) < 4.78 is 4.56. The summed E-state index contributed by atoms with van der Waals surface area (Å²) in [6, 6.07) is 4.70. The second-order valence-corrected chi connectivity index (χ2v) is 3.37. The van der Waals surface area contributed by atoms with Gasteiger partial charge in [-0.15, -0.1) is 0 Å². The normalized spacial score (nSPS) is 9.88. The second kappa shape index (κ2) is 5.32. The molecule has 1 aromatic carbocycles. The molecular formula is C12H15NO3. The highest BCUT2D eigenvalue weighted by Gasteiger charge is 2.12. The molecule has 16 heavy (non-hydrogen) atoms. The van der Waals surface area contributed by atoms with Crippen molar-refractivity contribution in [1.29, 1.82) is 0 Å². The van der Waals surface area contributed by atoms with Gasteiger partial charge in [0.2, 0.25) is 0 Å². The number of phenolic OH excluding ortho intramolecular Hbond substituents is 1. The quantitative estimate of drug-likeness (QED) is 0.756. The Labute approximate surface area is 94.3 Å². The van der Waals surface area contributed by atoms with Crippen molar-refractivity contribution in [3.63, 3.8) is 0 Å². The smallest absolute Gasteiger partial charge is 0.341 e. The predicted molar refractivity (Wildman–Crippen MR) is 62.2 cm³/mol. The Morgan fingerprint density at radius 2 is 2.25 bits per heavy atom. The molecule has 0 fully saturated rings. The Bertz CT molecular complexity index is 413. The number of carbonyl (C=O) groups excluding carboxylic acids is 1. The van der Waals surface area contributed by atoms with Gasteiger partial charge in [-0.3, -0.25) is 0 Å². The zero-order valence-electron chi connectivity index (χ0n) is 9.19. The first-order valence-corrected chi connectivity index (χ1v) is 4.89. The number of hydrogen-bond acceptors (Lipinski definition) is 4. The molecule has 0 aliphatic rings. The van der Waals surface area contributed by atoms with E-state index in [0.717, 1.165) is 11.1 Å². The molecule has 0 atom stereocenters. The summed E-state index contributed by atoms with van der Waals surface area (Å²) in [5, 5.41) is 9.49. The van der Waals surface area contributed by atoms with Crippen LogP contribution in [0.25, 0.3) is 5.57 Å². The van der Waals surface area contributed by atoms with Crippen molar-refractivity contribution in [3.8, 4) is 5.75 Å². The molecule has 3 N–H and O–H groups in total. The number of nitrogens with two attached hydrogens (primary N) is 1. The summed E-state index contributed by atoms with van der Waals surface area (Å²) in [4.78, 5) is 11.3. The van der Waals surface area contributed by atoms with Gasteiger partial charge in [-0.05, 0) is 36.2 Å². The molecule has 1 aromatic rings. The maximum absolute atomic E-state index is 11.3. The highest BCUT2D eigenvalue weighted by Crippen LogP contribution is 2.24. The summed E-state index contributed by atoms with van der Waals surface area (Å²) in [6.07, 6.45) is 0.644. The largest absolute Gasteiger partial charge is 0.507 e. The van der Waals surface area contributed by atoms with Gasteiger partial charge >= 0.3 is 5.97 Å². The summed E-state index contributed by atoms with van der Waals surface area (Å²) >= 11 is 0. The molecule has 0 bridgehead atoms. The number of esters is 1. The first kappa shape index (κ1) is 12.3. The SMILES string of the molecule is C=C(CCN)c1ccc(O)c(C(=O)OC)c1. The van der Waals surface area contributed by atoms with E-state index in [1.165, 1.54) is 13.2 Å². The number of carbonyl (C=O) groups is 1. The summed E-state index contributed by atoms with van der Waals surface area (Å²) in [6.45, 7) is 4.35. The Balaban J connectivity index is 3.07. The third-order valence-electron chi connectivity index (χ3n) is 2.26. The zero-order valence-corrected chi connectivity index (χ0v) is 9.19. The van der Waals surface area contributed by atoms with Crippen LogP contribution >= 0.6 is 0 Å². The monoisotopic (exact) mass is 221 g/mol. The van der Waals surface area contributed by atoms with Crippen LogP contribution in [0.2, 0.25) is 0 Å². The standard InChI is InChI=1S/C12H15NO3/c1-8(5-6-13)9-3-4-11(14)10(7-9)12(15)16-2/h3-4,7,14H,1,5-6,13H2,2H3. The average molecular weight is 221 g/mol. The van der Waals surface area contributed by atoms with Crippen LogP contribution in [0.1, 0.15) is 22.3 Å². The number of rotatable bonds is 4. The van der Waals surface area contributed by atoms with Gasteiger partial charge in [0.15, 0.2) is 0 Å². The molecule has 4 heteroatoms. The molecule has 86 valence electrons. The maximum atomic E-state index is 11.3. The second-order valence-electron chi connectivity index (χ2n) is 3.37. The van der Waals surface area contributed by atoms with Gasteiger partial charge in [0.25, 0.3) is 0 Å². The van der Waals surface area contributed by atoms with Gasteiger partial charge in [-0.2, -0.15) is 0 Å². The van der Waals surface area contributed by atoms with E-state index in [4.69, 9.17) is 5.73 Å². The summed E-state index contributed by atoms with van der Waals surface area (Å²) in [5.74, 6) is -0.670. The molecule has 0 saturated heterocycles. The van der Waals surface area contributed by atoms with Crippen molar-refractivity contribution in [2.45, 2.75) is 6.42 Å². The number of benzene rings is 1. The fourth-order valence-electron chi connectivity index (χ4n) is 1.35. The van der Waals surface area contributed by atoms with Crippen LogP contribution in [0.15, 0.2) is 24.8 Å². The van der Waals surface area contributed by atoms with Crippen LogP contribution in [0.3, 0.4) is 0 Å². The molecule has 0 unspecified atom stereocenters. The van der Waals surface area contributed by atoms with Crippen molar-refractivity contribution in [1.82, 2.24) is 0 Å². The van der Waals surface area contributed by atoms with Crippen LogP contribution in [0, 0.1) is 0 Å². The molecule has 0 spiro atoms. The number of ether oxygens (including phenoxy) is 1. The van der Waals surface area contributed by atoms with Gasteiger partial charge < -0.3 is 15.6 Å². The molecule has 1 rings (SSSR count). The predicted octanol–water partition coefficient (Wildman–Crippen LogP) is 1.54. The van der Waals surface area contributed by atoms with E-state index in [-0.39, 0.29) is 11.3 Å². The van der Waals surface area contributed by atoms with Crippen molar-refractivity contribution >= 4 is 11.5 Å². The van der Waals surface area contributed by atoms with E-state index in [0.29, 0.717) is 13.0 Å². The fourth-order valence-corrected chi connectivity index (χ4v) is 1.35. The van der Waals surface area contributed by atoms with E-state index < -0.39 is 5.97 Å². The van der Waals surface area contributed by atoms with Crippen LogP contribution in [0.5, 0.6) is 5.75 Å². The van der Waals surface area contributed by atoms with Gasteiger partial charge in [-0.25, -0.2) is 4.79 Å². The lowest BCUT2D eigenvalue weighted by Gasteiger charge is -2.08. The van der Waals surface area contributed by atoms with Crippen LogP contribution in [-0.4, -0.2) is 24.7 Å². The number of methoxy groups -OCH3 is 1. The minimum absolute atomic E-state index is 0.101. The first-order valence-electron chi connectivity index (χ1n) is 4.89. The molecule has 0 radical (unpaired) electrons. The third kappa shape index (κ3) is 2.61. The minimum atomic E-state index is -0.570. The van der Waals surface area contributed by atoms with Crippen LogP contribution in [0.4, 0.5) is 0 Å². The Morgan fingerprint density at radius 1 is 1.56 bits per heavy atom. The van der Waals surface area contributed by atoms with Crippen molar-refractivity contribution < 1.29 is 14.6 Å². The Hall–Kier alpha value is -1.81. The lowest BCUT2D eigenvalue weighted by Crippen LogP contribution is -2.03. The topological polar surface area (TPSA) is 72.5 Å². The van der Waals surface area contributed by atoms with Crippen molar-refractivity contribution in [2.24, 2.45) is 5.73 Å². The van der Waals surface area contributed by atoms with Crippen molar-refractivity contribution in [3.05, 3.63) is 35.9 Å². The number of phenols is 1. The summed E-state index contributed by atoms with van der Waals surface area (Å²) in [7, 11) is 1.27. The molecular weight excluding hydrogens is 206 g/mol. The Kier molecular flexibility index (Phi) is 4.08. The highest BCUT2D eigenvalue weighted by molar-refractivity contribution is 5.93. The summed E-state index contributed by atoms with van der Waals surface area (Å²) in [5.41, 5.74) is 7.16. The van der Waals surface area contributed by atoms with Crippen LogP contribution in [-0.2, 0) is 4.74 Å². The maximum Gasteiger partial charge on any atom is 0.341 e. The van der Waals surface area contributed by atoms with Gasteiger partial charge in [0, 0.05) is 0 Å². The van der Waals surface area contributed by atoms with Gasteiger partial charge in [0.1, 0.15) is 11.3 Å². The molecule has 0 amide bonds. The molecule has 4 nitrogen and oxygen atoms in total. The third-order valence-corrected chi connectivity index (χ3v) is 2.26. The minimum Gasteiger partial charge on any atom is -0.507 e. The van der Waals surface area contributed by atoms with E-state index >= 15 is 0 Å². The molecule has 0 aromatic heterocycles. The fraction of sp³-hybridized carbons (Fsp3) is 0.250. The van der Waals surface area contributed by atoms with E-state index in [2.05, 4.69) is 11.3 Å². The van der Waals surface area contributed by atoms with Gasteiger partial charge in [-0.1, -0.05) is 12.6 Å². The molecule has 0 aliphatic heterocycles. The molecule has 0 heterocycles. The van der Waals surface area contributed by atoms with Crippen LogP contribution < -0.4 is 5.73 Å². The first-order chi connectivity index (χ1) is 7.60. The lowest BCUT2D eigenvalue weighted by atomic mass is 10.0.